The predicted molar refractivity (Wildman–Crippen MR) is 53.1 cm³/mol. The summed E-state index contributed by atoms with van der Waals surface area (Å²) in [5.74, 6) is -1.67. The molecule has 0 fully saturated rings. The van der Waals surface area contributed by atoms with Gasteiger partial charge in [0.2, 0.25) is 5.91 Å². The molecule has 0 heterocycles. The molecule has 0 aromatic heterocycles. The summed E-state index contributed by atoms with van der Waals surface area (Å²) in [5, 5.41) is 19.7. The van der Waals surface area contributed by atoms with E-state index in [0.29, 0.717) is 6.42 Å². The van der Waals surface area contributed by atoms with Crippen molar-refractivity contribution >= 4 is 11.9 Å². The molecular formula is C10H15NO4. The first-order chi connectivity index (χ1) is 7.15. The zero-order valence-corrected chi connectivity index (χ0v) is 8.35. The second kappa shape index (κ2) is 5.50. The van der Waals surface area contributed by atoms with E-state index in [1.165, 1.54) is 0 Å². The van der Waals surface area contributed by atoms with Gasteiger partial charge in [-0.05, 0) is 19.3 Å². The number of carbonyl (C=O) groups excluding carboxylic acids is 1. The van der Waals surface area contributed by atoms with E-state index in [9.17, 15) is 9.59 Å². The lowest BCUT2D eigenvalue weighted by Crippen LogP contribution is -2.45. The van der Waals surface area contributed by atoms with Crippen LogP contribution in [0.5, 0.6) is 0 Å². The van der Waals surface area contributed by atoms with Crippen LogP contribution < -0.4 is 5.32 Å². The topological polar surface area (TPSA) is 86.6 Å². The van der Waals surface area contributed by atoms with Crippen molar-refractivity contribution in [2.45, 2.75) is 25.3 Å². The quantitative estimate of drug-likeness (QED) is 0.569. The fraction of sp³-hybridized carbons (Fsp3) is 0.600. The van der Waals surface area contributed by atoms with E-state index in [1.807, 2.05) is 12.2 Å². The Hall–Kier alpha value is -1.36. The van der Waals surface area contributed by atoms with E-state index in [4.69, 9.17) is 10.2 Å². The molecule has 0 bridgehead atoms. The summed E-state index contributed by atoms with van der Waals surface area (Å²) in [6, 6.07) is -1.19. The van der Waals surface area contributed by atoms with Gasteiger partial charge in [-0.15, -0.1) is 0 Å². The van der Waals surface area contributed by atoms with Gasteiger partial charge in [0.15, 0.2) is 0 Å². The Morgan fingerprint density at radius 3 is 2.67 bits per heavy atom. The molecule has 1 rings (SSSR count). The molecule has 1 aliphatic rings. The molecule has 3 N–H and O–H groups in total. The SMILES string of the molecule is O=C(N[C@H](CO)C(=O)O)C1CC=CCC1. The molecule has 0 spiro atoms. The summed E-state index contributed by atoms with van der Waals surface area (Å²) in [6.45, 7) is -0.580. The Labute approximate surface area is 87.8 Å². The summed E-state index contributed by atoms with van der Waals surface area (Å²) >= 11 is 0. The van der Waals surface area contributed by atoms with Crippen LogP contribution >= 0.6 is 0 Å². The molecule has 1 unspecified atom stereocenters. The van der Waals surface area contributed by atoms with Gasteiger partial charge in [0.05, 0.1) is 6.61 Å². The van der Waals surface area contributed by atoms with Gasteiger partial charge in [0, 0.05) is 5.92 Å². The van der Waals surface area contributed by atoms with Crippen LogP contribution in [0, 0.1) is 5.92 Å². The van der Waals surface area contributed by atoms with Gasteiger partial charge in [0.1, 0.15) is 6.04 Å². The third kappa shape index (κ3) is 3.36. The minimum absolute atomic E-state index is 0.164. The zero-order chi connectivity index (χ0) is 11.3. The first kappa shape index (κ1) is 11.7. The second-order valence-electron chi connectivity index (χ2n) is 3.56. The molecule has 0 saturated heterocycles. The molecule has 2 atom stereocenters. The maximum absolute atomic E-state index is 11.6. The molecule has 84 valence electrons. The number of nitrogens with one attached hydrogen (secondary N) is 1. The van der Waals surface area contributed by atoms with Gasteiger partial charge in [-0.25, -0.2) is 4.79 Å². The Bertz CT molecular complexity index is 275. The zero-order valence-electron chi connectivity index (χ0n) is 8.35. The van der Waals surface area contributed by atoms with Crippen LogP contribution in [-0.2, 0) is 9.59 Å². The Kier molecular flexibility index (Phi) is 4.30. The monoisotopic (exact) mass is 213 g/mol. The predicted octanol–water partition coefficient (Wildman–Crippen LogP) is -0.0956. The lowest BCUT2D eigenvalue weighted by atomic mass is 9.93. The molecule has 1 amide bonds. The van der Waals surface area contributed by atoms with Crippen LogP contribution in [0.1, 0.15) is 19.3 Å². The molecule has 0 aromatic rings. The Morgan fingerprint density at radius 1 is 1.47 bits per heavy atom. The lowest BCUT2D eigenvalue weighted by molar-refractivity contribution is -0.143. The molecule has 0 aliphatic heterocycles. The summed E-state index contributed by atoms with van der Waals surface area (Å²) < 4.78 is 0. The molecule has 0 saturated carbocycles. The van der Waals surface area contributed by atoms with Crippen LogP contribution in [-0.4, -0.2) is 34.7 Å². The Balaban J connectivity index is 2.46. The van der Waals surface area contributed by atoms with E-state index >= 15 is 0 Å². The van der Waals surface area contributed by atoms with Crippen molar-refractivity contribution in [2.75, 3.05) is 6.61 Å². The number of allylic oxidation sites excluding steroid dienone is 2. The number of carbonyl (C=O) groups is 2. The molecule has 15 heavy (non-hydrogen) atoms. The normalized spacial score (nSPS) is 22.1. The van der Waals surface area contributed by atoms with E-state index in [1.54, 1.807) is 0 Å². The number of amides is 1. The number of rotatable bonds is 4. The summed E-state index contributed by atoms with van der Waals surface area (Å²) in [6.07, 6.45) is 6.14. The number of hydrogen-bond acceptors (Lipinski definition) is 3. The number of aliphatic carboxylic acids is 1. The standard InChI is InChI=1S/C10H15NO4/c12-6-8(10(14)15)11-9(13)7-4-2-1-3-5-7/h1-2,7-8,12H,3-6H2,(H,11,13)(H,14,15)/t7?,8-/m1/s1. The smallest absolute Gasteiger partial charge is 0.328 e. The third-order valence-electron chi connectivity index (χ3n) is 2.44. The van der Waals surface area contributed by atoms with Crippen LogP contribution in [0.3, 0.4) is 0 Å². The van der Waals surface area contributed by atoms with Crippen molar-refractivity contribution in [1.82, 2.24) is 5.32 Å². The molecule has 0 aromatic carbocycles. The van der Waals surface area contributed by atoms with Crippen molar-refractivity contribution < 1.29 is 19.8 Å². The average Bonchev–Trinajstić information content (AvgIpc) is 2.26. The van der Waals surface area contributed by atoms with Crippen molar-refractivity contribution in [3.8, 4) is 0 Å². The highest BCUT2D eigenvalue weighted by molar-refractivity contribution is 5.85. The highest BCUT2D eigenvalue weighted by Crippen LogP contribution is 2.18. The lowest BCUT2D eigenvalue weighted by Gasteiger charge is -2.19. The fourth-order valence-electron chi connectivity index (χ4n) is 1.51. The first-order valence-electron chi connectivity index (χ1n) is 4.94. The van der Waals surface area contributed by atoms with Gasteiger partial charge in [-0.2, -0.15) is 0 Å². The van der Waals surface area contributed by atoms with Crippen LogP contribution in [0.4, 0.5) is 0 Å². The fourth-order valence-corrected chi connectivity index (χ4v) is 1.51. The van der Waals surface area contributed by atoms with Crippen LogP contribution in [0.25, 0.3) is 0 Å². The number of aliphatic hydroxyl groups excluding tert-OH is 1. The van der Waals surface area contributed by atoms with Crippen molar-refractivity contribution in [3.05, 3.63) is 12.2 Å². The molecule has 5 heteroatoms. The summed E-state index contributed by atoms with van der Waals surface area (Å²) in [4.78, 5) is 22.1. The van der Waals surface area contributed by atoms with E-state index in [0.717, 1.165) is 12.8 Å². The highest BCUT2D eigenvalue weighted by atomic mass is 16.4. The van der Waals surface area contributed by atoms with Gasteiger partial charge >= 0.3 is 5.97 Å². The largest absolute Gasteiger partial charge is 0.480 e. The molecule has 1 aliphatic carbocycles. The molecule has 0 radical (unpaired) electrons. The maximum Gasteiger partial charge on any atom is 0.328 e. The number of carboxylic acid groups (broad SMARTS) is 1. The minimum atomic E-state index is -1.21. The maximum atomic E-state index is 11.6. The summed E-state index contributed by atoms with van der Waals surface area (Å²) in [7, 11) is 0. The van der Waals surface area contributed by atoms with Gasteiger partial charge in [0.25, 0.3) is 0 Å². The summed E-state index contributed by atoms with van der Waals surface area (Å²) in [5.41, 5.74) is 0. The van der Waals surface area contributed by atoms with E-state index in [-0.39, 0.29) is 11.8 Å². The van der Waals surface area contributed by atoms with Crippen LogP contribution in [0.15, 0.2) is 12.2 Å². The average molecular weight is 213 g/mol. The van der Waals surface area contributed by atoms with Crippen molar-refractivity contribution in [2.24, 2.45) is 5.92 Å². The van der Waals surface area contributed by atoms with Gasteiger partial charge in [-0.1, -0.05) is 12.2 Å². The number of aliphatic hydroxyl groups is 1. The van der Waals surface area contributed by atoms with Gasteiger partial charge in [-0.3, -0.25) is 4.79 Å². The minimum Gasteiger partial charge on any atom is -0.480 e. The number of hydrogen-bond donors (Lipinski definition) is 3. The Morgan fingerprint density at radius 2 is 2.20 bits per heavy atom. The van der Waals surface area contributed by atoms with Crippen LogP contribution in [0.2, 0.25) is 0 Å². The van der Waals surface area contributed by atoms with Crippen molar-refractivity contribution in [3.63, 3.8) is 0 Å². The number of carboxylic acids is 1. The second-order valence-corrected chi connectivity index (χ2v) is 3.56. The third-order valence-corrected chi connectivity index (χ3v) is 2.44. The van der Waals surface area contributed by atoms with Crippen molar-refractivity contribution in [1.29, 1.82) is 0 Å². The van der Waals surface area contributed by atoms with Gasteiger partial charge < -0.3 is 15.5 Å². The van der Waals surface area contributed by atoms with E-state index in [2.05, 4.69) is 5.32 Å². The first-order valence-corrected chi connectivity index (χ1v) is 4.94. The molecule has 5 nitrogen and oxygen atoms in total. The van der Waals surface area contributed by atoms with E-state index < -0.39 is 18.6 Å². The molecular weight excluding hydrogens is 198 g/mol. The highest BCUT2D eigenvalue weighted by Gasteiger charge is 2.24.